The second-order valence-corrected chi connectivity index (χ2v) is 6.98. The molecule has 30 heavy (non-hydrogen) atoms. The van der Waals surface area contributed by atoms with Crippen LogP contribution in [-0.2, 0) is 0 Å². The van der Waals surface area contributed by atoms with Crippen LogP contribution in [0.4, 0.5) is 0 Å². The van der Waals surface area contributed by atoms with Crippen LogP contribution in [0, 0.1) is 12.3 Å². The number of ether oxygens (including phenoxy) is 3. The van der Waals surface area contributed by atoms with Gasteiger partial charge in [-0.1, -0.05) is 30.2 Å². The van der Waals surface area contributed by atoms with Crippen LogP contribution in [0.15, 0.2) is 58.1 Å². The fraction of sp³-hybridized carbons (Fsp3) is 0.130. The molecule has 1 amide bonds. The molecule has 3 aromatic rings. The summed E-state index contributed by atoms with van der Waals surface area (Å²) in [6.45, 7) is 0.117. The molecule has 0 heterocycles. The van der Waals surface area contributed by atoms with E-state index in [9.17, 15) is 4.79 Å². The van der Waals surface area contributed by atoms with Gasteiger partial charge in [0.05, 0.1) is 30.5 Å². The molecule has 0 aromatic heterocycles. The van der Waals surface area contributed by atoms with Gasteiger partial charge in [-0.15, -0.1) is 6.42 Å². The van der Waals surface area contributed by atoms with E-state index in [1.54, 1.807) is 18.2 Å². The summed E-state index contributed by atoms with van der Waals surface area (Å²) in [6, 6.07) is 14.8. The summed E-state index contributed by atoms with van der Waals surface area (Å²) in [5.41, 5.74) is 3.62. The first-order valence-electron chi connectivity index (χ1n) is 8.91. The van der Waals surface area contributed by atoms with Crippen molar-refractivity contribution in [1.29, 1.82) is 0 Å². The van der Waals surface area contributed by atoms with Gasteiger partial charge < -0.3 is 14.2 Å². The number of carbonyl (C=O) groups excluding carboxylic acids is 1. The van der Waals surface area contributed by atoms with Crippen molar-refractivity contribution in [3.8, 4) is 29.6 Å². The minimum Gasteiger partial charge on any atom is -0.496 e. The number of hydrogen-bond acceptors (Lipinski definition) is 5. The van der Waals surface area contributed by atoms with E-state index in [0.29, 0.717) is 32.8 Å². The van der Waals surface area contributed by atoms with Crippen molar-refractivity contribution in [2.24, 2.45) is 5.10 Å². The third-order valence-electron chi connectivity index (χ3n) is 4.24. The summed E-state index contributed by atoms with van der Waals surface area (Å²) in [5.74, 6) is 3.49. The van der Waals surface area contributed by atoms with E-state index in [1.807, 2.05) is 30.3 Å². The summed E-state index contributed by atoms with van der Waals surface area (Å²) < 4.78 is 16.9. The Hall–Kier alpha value is -3.50. The first-order valence-corrected chi connectivity index (χ1v) is 9.70. The van der Waals surface area contributed by atoms with E-state index < -0.39 is 0 Å². The van der Waals surface area contributed by atoms with E-state index in [0.717, 1.165) is 10.8 Å². The predicted molar refractivity (Wildman–Crippen MR) is 121 cm³/mol. The highest BCUT2D eigenvalue weighted by Gasteiger charge is 2.14. The second kappa shape index (κ2) is 9.81. The second-order valence-electron chi connectivity index (χ2n) is 6.13. The summed E-state index contributed by atoms with van der Waals surface area (Å²) >= 11 is 3.43. The molecular formula is C23H19BrN2O4. The van der Waals surface area contributed by atoms with Gasteiger partial charge in [-0.25, -0.2) is 5.43 Å². The van der Waals surface area contributed by atoms with Gasteiger partial charge >= 0.3 is 0 Å². The number of carbonyl (C=O) groups is 1. The molecule has 3 rings (SSSR count). The molecule has 0 unspecified atom stereocenters. The average molecular weight is 467 g/mol. The van der Waals surface area contributed by atoms with E-state index >= 15 is 0 Å². The van der Waals surface area contributed by atoms with Crippen molar-refractivity contribution in [2.75, 3.05) is 20.8 Å². The highest BCUT2D eigenvalue weighted by molar-refractivity contribution is 9.10. The minimum absolute atomic E-state index is 0.117. The Morgan fingerprint density at radius 1 is 1.13 bits per heavy atom. The van der Waals surface area contributed by atoms with Gasteiger partial charge in [0.2, 0.25) is 0 Å². The molecule has 0 atom stereocenters. The standard InChI is InChI=1S/C23H19BrN2O4/c1-4-9-30-22-19(24)10-15(11-21(22)29-3)14-25-26-23(27)18-12-16-7-5-6-8-17(16)13-20(18)28-2/h1,5-8,10-14H,9H2,2-3H3,(H,26,27). The molecular weight excluding hydrogens is 448 g/mol. The molecule has 0 aliphatic heterocycles. The largest absolute Gasteiger partial charge is 0.496 e. The van der Waals surface area contributed by atoms with Gasteiger partial charge in [-0.3, -0.25) is 4.79 Å². The Kier molecular flexibility index (Phi) is 6.94. The molecule has 0 saturated carbocycles. The molecule has 0 fully saturated rings. The van der Waals surface area contributed by atoms with Crippen molar-refractivity contribution in [1.82, 2.24) is 5.43 Å². The Morgan fingerprint density at radius 3 is 2.50 bits per heavy atom. The number of nitrogens with zero attached hydrogens (tertiary/aromatic N) is 1. The van der Waals surface area contributed by atoms with Crippen LogP contribution in [0.3, 0.4) is 0 Å². The maximum absolute atomic E-state index is 12.6. The molecule has 0 aliphatic rings. The molecule has 3 aromatic carbocycles. The highest BCUT2D eigenvalue weighted by Crippen LogP contribution is 2.36. The van der Waals surface area contributed by atoms with Crippen molar-refractivity contribution in [3.63, 3.8) is 0 Å². The zero-order valence-electron chi connectivity index (χ0n) is 16.4. The number of halogens is 1. The van der Waals surface area contributed by atoms with Crippen LogP contribution in [0.1, 0.15) is 15.9 Å². The van der Waals surface area contributed by atoms with Crippen LogP contribution < -0.4 is 19.6 Å². The fourth-order valence-electron chi connectivity index (χ4n) is 2.86. The van der Waals surface area contributed by atoms with E-state index in [2.05, 4.69) is 32.4 Å². The zero-order valence-corrected chi connectivity index (χ0v) is 18.0. The summed E-state index contributed by atoms with van der Waals surface area (Å²) in [7, 11) is 3.05. The lowest BCUT2D eigenvalue weighted by molar-refractivity contribution is 0.0952. The molecule has 6 nitrogen and oxygen atoms in total. The molecule has 0 saturated heterocycles. The summed E-state index contributed by atoms with van der Waals surface area (Å²) in [6.07, 6.45) is 6.74. The fourth-order valence-corrected chi connectivity index (χ4v) is 3.43. The van der Waals surface area contributed by atoms with Crippen molar-refractivity contribution in [3.05, 3.63) is 64.1 Å². The zero-order chi connectivity index (χ0) is 21.5. The maximum Gasteiger partial charge on any atom is 0.275 e. The molecule has 0 bridgehead atoms. The molecule has 0 radical (unpaired) electrons. The smallest absolute Gasteiger partial charge is 0.275 e. The van der Waals surface area contributed by atoms with Gasteiger partial charge in [0.25, 0.3) is 5.91 Å². The first-order chi connectivity index (χ1) is 14.6. The van der Waals surface area contributed by atoms with Crippen LogP contribution in [0.5, 0.6) is 17.2 Å². The van der Waals surface area contributed by atoms with Gasteiger partial charge in [0.1, 0.15) is 12.4 Å². The number of fused-ring (bicyclic) bond motifs is 1. The van der Waals surface area contributed by atoms with Gasteiger partial charge in [0, 0.05) is 0 Å². The number of hydrogen-bond donors (Lipinski definition) is 1. The lowest BCUT2D eigenvalue weighted by atomic mass is 10.1. The Morgan fingerprint density at radius 2 is 1.83 bits per heavy atom. The third-order valence-corrected chi connectivity index (χ3v) is 4.83. The molecule has 0 spiro atoms. The van der Waals surface area contributed by atoms with Crippen LogP contribution in [-0.4, -0.2) is 32.9 Å². The molecule has 7 heteroatoms. The normalized spacial score (nSPS) is 10.6. The van der Waals surface area contributed by atoms with Gasteiger partial charge in [-0.05, 0) is 56.5 Å². The quantitative estimate of drug-likeness (QED) is 0.318. The predicted octanol–water partition coefficient (Wildman–Crippen LogP) is 4.40. The highest BCUT2D eigenvalue weighted by atomic mass is 79.9. The number of methoxy groups -OCH3 is 2. The van der Waals surface area contributed by atoms with E-state index in [-0.39, 0.29) is 12.5 Å². The van der Waals surface area contributed by atoms with Gasteiger partial charge in [0.15, 0.2) is 11.5 Å². The lowest BCUT2D eigenvalue weighted by Gasteiger charge is -2.11. The van der Waals surface area contributed by atoms with Gasteiger partial charge in [-0.2, -0.15) is 5.10 Å². The summed E-state index contributed by atoms with van der Waals surface area (Å²) in [4.78, 5) is 12.6. The Balaban J connectivity index is 1.80. The van der Waals surface area contributed by atoms with Crippen molar-refractivity contribution >= 4 is 38.8 Å². The van der Waals surface area contributed by atoms with Crippen LogP contribution in [0.25, 0.3) is 10.8 Å². The number of hydrazone groups is 1. The lowest BCUT2D eigenvalue weighted by Crippen LogP contribution is -2.18. The molecule has 0 aliphatic carbocycles. The Bertz CT molecular complexity index is 1150. The minimum atomic E-state index is -0.381. The van der Waals surface area contributed by atoms with Crippen molar-refractivity contribution in [2.45, 2.75) is 0 Å². The number of amides is 1. The molecule has 1 N–H and O–H groups in total. The van der Waals surface area contributed by atoms with E-state index in [1.165, 1.54) is 20.4 Å². The number of terminal acetylenes is 1. The summed E-state index contributed by atoms with van der Waals surface area (Å²) in [5, 5.41) is 5.97. The SMILES string of the molecule is C#CCOc1c(Br)cc(C=NNC(=O)c2cc3ccccc3cc2OC)cc1OC. The monoisotopic (exact) mass is 466 g/mol. The molecule has 152 valence electrons. The topological polar surface area (TPSA) is 69.2 Å². The van der Waals surface area contributed by atoms with Crippen molar-refractivity contribution < 1.29 is 19.0 Å². The van der Waals surface area contributed by atoms with Crippen LogP contribution in [0.2, 0.25) is 0 Å². The number of nitrogens with one attached hydrogen (secondary N) is 1. The van der Waals surface area contributed by atoms with E-state index in [4.69, 9.17) is 20.6 Å². The Labute approximate surface area is 183 Å². The average Bonchev–Trinajstić information content (AvgIpc) is 2.76. The maximum atomic E-state index is 12.6. The first kappa shape index (κ1) is 21.2. The number of rotatable bonds is 7. The third kappa shape index (κ3) is 4.73. The van der Waals surface area contributed by atoms with Crippen LogP contribution >= 0.6 is 15.9 Å². The number of benzene rings is 3.